The van der Waals surface area contributed by atoms with Crippen LogP contribution in [0.15, 0.2) is 54.7 Å². The van der Waals surface area contributed by atoms with Gasteiger partial charge in [-0.15, -0.1) is 0 Å². The second-order valence-electron chi connectivity index (χ2n) is 5.85. The van der Waals surface area contributed by atoms with Gasteiger partial charge in [-0.2, -0.15) is 0 Å². The summed E-state index contributed by atoms with van der Waals surface area (Å²) in [5.74, 6) is -0.997. The van der Waals surface area contributed by atoms with Gasteiger partial charge in [-0.25, -0.2) is 0 Å². The zero-order valence-electron chi connectivity index (χ0n) is 14.8. The predicted molar refractivity (Wildman–Crippen MR) is 101 cm³/mol. The van der Waals surface area contributed by atoms with Gasteiger partial charge in [-0.3, -0.25) is 14.6 Å². The molecule has 1 aromatic carbocycles. The highest BCUT2D eigenvalue weighted by atomic mass is 35.5. The lowest BCUT2D eigenvalue weighted by Crippen LogP contribution is -2.36. The molecule has 0 fully saturated rings. The predicted octanol–water partition coefficient (Wildman–Crippen LogP) is 3.59. The Morgan fingerprint density at radius 2 is 1.96 bits per heavy atom. The van der Waals surface area contributed by atoms with E-state index < -0.39 is 5.92 Å². The van der Waals surface area contributed by atoms with E-state index in [0.29, 0.717) is 11.6 Å². The standard InChI is InChI=1S/C20H21ClN2O3/c1-15(20(25)26-2)13-23(14-18-5-3-4-12-22-18)19(24)11-8-16-6-9-17(21)10-7-16/h3-12,15H,13-14H2,1-2H3/b11-8+. The molecule has 26 heavy (non-hydrogen) atoms. The van der Waals surface area contributed by atoms with Gasteiger partial charge in [-0.05, 0) is 35.9 Å². The Morgan fingerprint density at radius 3 is 2.58 bits per heavy atom. The first-order chi connectivity index (χ1) is 12.5. The lowest BCUT2D eigenvalue weighted by Gasteiger charge is -2.23. The minimum absolute atomic E-state index is 0.207. The molecule has 0 aliphatic carbocycles. The summed E-state index contributed by atoms with van der Waals surface area (Å²) < 4.78 is 4.76. The molecular formula is C20H21ClN2O3. The van der Waals surface area contributed by atoms with Crippen LogP contribution in [0.1, 0.15) is 18.2 Å². The molecule has 1 unspecified atom stereocenters. The number of methoxy groups -OCH3 is 1. The van der Waals surface area contributed by atoms with Gasteiger partial charge in [0.2, 0.25) is 5.91 Å². The number of pyridine rings is 1. The van der Waals surface area contributed by atoms with Crippen LogP contribution in [-0.4, -0.2) is 35.4 Å². The fourth-order valence-electron chi connectivity index (χ4n) is 2.37. The van der Waals surface area contributed by atoms with Crippen LogP contribution < -0.4 is 0 Å². The normalized spacial score (nSPS) is 12.0. The molecule has 2 rings (SSSR count). The first-order valence-electron chi connectivity index (χ1n) is 8.20. The molecule has 0 aliphatic heterocycles. The first kappa shape index (κ1) is 19.7. The lowest BCUT2D eigenvalue weighted by atomic mass is 10.1. The Morgan fingerprint density at radius 1 is 1.23 bits per heavy atom. The molecule has 1 aromatic heterocycles. The summed E-state index contributed by atoms with van der Waals surface area (Å²) in [6.45, 7) is 2.28. The summed E-state index contributed by atoms with van der Waals surface area (Å²) in [6.07, 6.45) is 4.87. The number of rotatable bonds is 7. The molecular weight excluding hydrogens is 352 g/mol. The molecule has 1 atom stereocenters. The quantitative estimate of drug-likeness (QED) is 0.550. The van der Waals surface area contributed by atoms with Crippen molar-refractivity contribution in [2.75, 3.05) is 13.7 Å². The van der Waals surface area contributed by atoms with E-state index in [1.807, 2.05) is 30.3 Å². The summed E-state index contributed by atoms with van der Waals surface area (Å²) in [7, 11) is 1.34. The Bertz CT molecular complexity index is 760. The van der Waals surface area contributed by atoms with Crippen LogP contribution in [-0.2, 0) is 20.9 Å². The molecule has 1 heterocycles. The maximum absolute atomic E-state index is 12.7. The maximum atomic E-state index is 12.7. The Labute approximate surface area is 158 Å². The zero-order chi connectivity index (χ0) is 18.9. The average Bonchev–Trinajstić information content (AvgIpc) is 2.66. The van der Waals surface area contributed by atoms with E-state index in [0.717, 1.165) is 11.3 Å². The number of carbonyl (C=O) groups excluding carboxylic acids is 2. The van der Waals surface area contributed by atoms with Crippen molar-refractivity contribution in [3.05, 3.63) is 71.0 Å². The molecule has 0 spiro atoms. The topological polar surface area (TPSA) is 59.5 Å². The number of hydrogen-bond donors (Lipinski definition) is 0. The molecule has 2 aromatic rings. The molecule has 136 valence electrons. The number of carbonyl (C=O) groups is 2. The van der Waals surface area contributed by atoms with Gasteiger partial charge in [-0.1, -0.05) is 36.7 Å². The van der Waals surface area contributed by atoms with E-state index in [2.05, 4.69) is 4.98 Å². The van der Waals surface area contributed by atoms with Crippen molar-refractivity contribution in [2.45, 2.75) is 13.5 Å². The number of ether oxygens (including phenoxy) is 1. The Kier molecular flexibility index (Phi) is 7.36. The van der Waals surface area contributed by atoms with Crippen LogP contribution in [0.2, 0.25) is 5.02 Å². The van der Waals surface area contributed by atoms with E-state index >= 15 is 0 Å². The number of hydrogen-bond acceptors (Lipinski definition) is 4. The van der Waals surface area contributed by atoms with Crippen LogP contribution >= 0.6 is 11.6 Å². The van der Waals surface area contributed by atoms with Crippen LogP contribution in [0, 0.1) is 5.92 Å². The third kappa shape index (κ3) is 6.01. The maximum Gasteiger partial charge on any atom is 0.310 e. The fourth-order valence-corrected chi connectivity index (χ4v) is 2.50. The molecule has 0 radical (unpaired) electrons. The molecule has 1 amide bonds. The molecule has 6 heteroatoms. The Balaban J connectivity index is 2.13. The molecule has 0 N–H and O–H groups in total. The SMILES string of the molecule is COC(=O)C(C)CN(Cc1ccccn1)C(=O)/C=C/c1ccc(Cl)cc1. The highest BCUT2D eigenvalue weighted by Gasteiger charge is 2.20. The number of halogens is 1. The van der Waals surface area contributed by atoms with Gasteiger partial charge in [0, 0.05) is 23.8 Å². The minimum atomic E-state index is -0.434. The number of esters is 1. The molecule has 0 bridgehead atoms. The van der Waals surface area contributed by atoms with Crippen LogP contribution in [0.25, 0.3) is 6.08 Å². The second kappa shape index (κ2) is 9.73. The Hall–Kier alpha value is -2.66. The molecule has 0 saturated heterocycles. The first-order valence-corrected chi connectivity index (χ1v) is 8.57. The highest BCUT2D eigenvalue weighted by Crippen LogP contribution is 2.12. The van der Waals surface area contributed by atoms with Gasteiger partial charge >= 0.3 is 5.97 Å². The van der Waals surface area contributed by atoms with E-state index in [1.54, 1.807) is 36.2 Å². The van der Waals surface area contributed by atoms with Gasteiger partial charge < -0.3 is 9.64 Å². The third-order valence-corrected chi connectivity index (χ3v) is 4.03. The number of amides is 1. The highest BCUT2D eigenvalue weighted by molar-refractivity contribution is 6.30. The van der Waals surface area contributed by atoms with Crippen molar-refractivity contribution in [2.24, 2.45) is 5.92 Å². The van der Waals surface area contributed by atoms with E-state index in [1.165, 1.54) is 13.2 Å². The molecule has 0 saturated carbocycles. The van der Waals surface area contributed by atoms with Crippen molar-refractivity contribution < 1.29 is 14.3 Å². The van der Waals surface area contributed by atoms with Crippen molar-refractivity contribution in [1.29, 1.82) is 0 Å². The van der Waals surface area contributed by atoms with E-state index in [9.17, 15) is 9.59 Å². The summed E-state index contributed by atoms with van der Waals surface area (Å²) in [4.78, 5) is 30.2. The van der Waals surface area contributed by atoms with Crippen LogP contribution in [0.4, 0.5) is 0 Å². The van der Waals surface area contributed by atoms with Crippen molar-refractivity contribution in [3.63, 3.8) is 0 Å². The number of nitrogens with zero attached hydrogens (tertiary/aromatic N) is 2. The fraction of sp³-hybridized carbons (Fsp3) is 0.250. The number of benzene rings is 1. The molecule has 5 nitrogen and oxygen atoms in total. The monoisotopic (exact) mass is 372 g/mol. The van der Waals surface area contributed by atoms with Gasteiger partial charge in [0.05, 0.1) is 25.3 Å². The van der Waals surface area contributed by atoms with Gasteiger partial charge in [0.25, 0.3) is 0 Å². The second-order valence-corrected chi connectivity index (χ2v) is 6.29. The van der Waals surface area contributed by atoms with Crippen LogP contribution in [0.5, 0.6) is 0 Å². The average molecular weight is 373 g/mol. The van der Waals surface area contributed by atoms with Gasteiger partial charge in [0.15, 0.2) is 0 Å². The lowest BCUT2D eigenvalue weighted by molar-refractivity contribution is -0.146. The smallest absolute Gasteiger partial charge is 0.310 e. The zero-order valence-corrected chi connectivity index (χ0v) is 15.5. The van der Waals surface area contributed by atoms with Crippen molar-refractivity contribution >= 4 is 29.6 Å². The third-order valence-electron chi connectivity index (χ3n) is 3.78. The van der Waals surface area contributed by atoms with E-state index in [-0.39, 0.29) is 18.4 Å². The number of aromatic nitrogens is 1. The molecule has 0 aliphatic rings. The largest absolute Gasteiger partial charge is 0.469 e. The van der Waals surface area contributed by atoms with Gasteiger partial charge in [0.1, 0.15) is 0 Å². The van der Waals surface area contributed by atoms with Crippen molar-refractivity contribution in [1.82, 2.24) is 9.88 Å². The summed E-state index contributed by atoms with van der Waals surface area (Å²) in [5, 5.41) is 0.636. The summed E-state index contributed by atoms with van der Waals surface area (Å²) in [5.41, 5.74) is 1.61. The van der Waals surface area contributed by atoms with E-state index in [4.69, 9.17) is 16.3 Å². The van der Waals surface area contributed by atoms with Crippen LogP contribution in [0.3, 0.4) is 0 Å². The summed E-state index contributed by atoms with van der Waals surface area (Å²) >= 11 is 5.87. The summed E-state index contributed by atoms with van der Waals surface area (Å²) in [6, 6.07) is 12.7. The van der Waals surface area contributed by atoms with Crippen molar-refractivity contribution in [3.8, 4) is 0 Å². The minimum Gasteiger partial charge on any atom is -0.469 e.